The van der Waals surface area contributed by atoms with E-state index >= 15 is 0 Å². The Balaban J connectivity index is 2.58. The van der Waals surface area contributed by atoms with Gasteiger partial charge in [-0.25, -0.2) is 4.98 Å². The van der Waals surface area contributed by atoms with Crippen LogP contribution in [0, 0.1) is 6.92 Å². The topological polar surface area (TPSA) is 53.7 Å². The first-order chi connectivity index (χ1) is 7.95. The fourth-order valence-electron chi connectivity index (χ4n) is 1.69. The van der Waals surface area contributed by atoms with Crippen LogP contribution in [0.25, 0.3) is 5.65 Å². The van der Waals surface area contributed by atoms with Crippen LogP contribution >= 0.6 is 0 Å². The van der Waals surface area contributed by atoms with Gasteiger partial charge in [0.05, 0.1) is 12.1 Å². The summed E-state index contributed by atoms with van der Waals surface area (Å²) in [6, 6.07) is 4.02. The molecule has 0 unspecified atom stereocenters. The van der Waals surface area contributed by atoms with Crippen LogP contribution in [0.15, 0.2) is 18.5 Å². The lowest BCUT2D eigenvalue weighted by Gasteiger charge is -2.35. The monoisotopic (exact) mass is 234 g/mol. The number of fused-ring (bicyclic) bond motifs is 1. The van der Waals surface area contributed by atoms with Crippen molar-refractivity contribution in [2.24, 2.45) is 0 Å². The van der Waals surface area contributed by atoms with Gasteiger partial charge in [0.2, 0.25) is 0 Å². The van der Waals surface area contributed by atoms with E-state index in [-0.39, 0.29) is 12.1 Å². The molecule has 5 nitrogen and oxygen atoms in total. The van der Waals surface area contributed by atoms with E-state index in [0.717, 1.165) is 17.0 Å². The van der Waals surface area contributed by atoms with Crippen LogP contribution in [0.3, 0.4) is 0 Å². The molecule has 0 fully saturated rings. The Morgan fingerprint density at radius 1 is 1.41 bits per heavy atom. The molecular weight excluding hydrogens is 216 g/mol. The number of aryl methyl sites for hydroxylation is 1. The zero-order valence-electron chi connectivity index (χ0n) is 10.7. The molecule has 0 aliphatic carbocycles. The highest BCUT2D eigenvalue weighted by Crippen LogP contribution is 2.23. The lowest BCUT2D eigenvalue weighted by molar-refractivity contribution is 0.215. The van der Waals surface area contributed by atoms with Gasteiger partial charge in [0.1, 0.15) is 12.1 Å². The second kappa shape index (κ2) is 4.00. The summed E-state index contributed by atoms with van der Waals surface area (Å²) < 4.78 is 1.78. The second-order valence-corrected chi connectivity index (χ2v) is 4.95. The third-order valence-corrected chi connectivity index (χ3v) is 3.14. The molecule has 92 valence electrons. The molecule has 0 saturated carbocycles. The maximum Gasteiger partial charge on any atom is 0.157 e. The van der Waals surface area contributed by atoms with Gasteiger partial charge in [-0.2, -0.15) is 9.61 Å². The predicted octanol–water partition coefficient (Wildman–Crippen LogP) is 1.24. The molecule has 0 saturated heterocycles. The van der Waals surface area contributed by atoms with Gasteiger partial charge in [-0.1, -0.05) is 0 Å². The normalized spacial score (nSPS) is 12.1. The summed E-state index contributed by atoms with van der Waals surface area (Å²) in [6.07, 6.45) is 1.54. The first-order valence-electron chi connectivity index (χ1n) is 5.61. The van der Waals surface area contributed by atoms with Gasteiger partial charge in [0, 0.05) is 7.05 Å². The number of aromatic nitrogens is 3. The molecule has 0 aliphatic heterocycles. The number of aliphatic hydroxyl groups is 1. The molecule has 2 aromatic rings. The van der Waals surface area contributed by atoms with Gasteiger partial charge in [0.25, 0.3) is 0 Å². The molecular formula is C12H18N4O. The summed E-state index contributed by atoms with van der Waals surface area (Å²) in [5, 5.41) is 13.6. The Morgan fingerprint density at radius 3 is 2.76 bits per heavy atom. The van der Waals surface area contributed by atoms with Crippen LogP contribution in [0.2, 0.25) is 0 Å². The van der Waals surface area contributed by atoms with Crippen molar-refractivity contribution >= 4 is 11.5 Å². The number of likely N-dealkylation sites (N-methyl/N-ethyl adjacent to an activating group) is 1. The minimum Gasteiger partial charge on any atom is -0.394 e. The number of anilines is 1. The van der Waals surface area contributed by atoms with Crippen molar-refractivity contribution < 1.29 is 5.11 Å². The standard InChI is InChI=1S/C12H18N4O/c1-9-5-10-13-8-14-16(10)11(6-9)15(4)12(2,3)7-17/h5-6,8,17H,7H2,1-4H3. The second-order valence-electron chi connectivity index (χ2n) is 4.95. The molecule has 0 bridgehead atoms. The predicted molar refractivity (Wildman–Crippen MR) is 67.3 cm³/mol. The highest BCUT2D eigenvalue weighted by atomic mass is 16.3. The molecule has 2 heterocycles. The minimum absolute atomic E-state index is 0.0770. The smallest absolute Gasteiger partial charge is 0.157 e. The fourth-order valence-corrected chi connectivity index (χ4v) is 1.69. The summed E-state index contributed by atoms with van der Waals surface area (Å²) >= 11 is 0. The number of aliphatic hydroxyl groups excluding tert-OH is 1. The summed E-state index contributed by atoms with van der Waals surface area (Å²) in [5.41, 5.74) is 1.61. The van der Waals surface area contributed by atoms with Gasteiger partial charge in [-0.05, 0) is 38.5 Å². The van der Waals surface area contributed by atoms with Crippen molar-refractivity contribution in [2.45, 2.75) is 26.3 Å². The molecule has 5 heteroatoms. The summed E-state index contributed by atoms with van der Waals surface area (Å²) in [5.74, 6) is 0.927. The summed E-state index contributed by atoms with van der Waals surface area (Å²) in [7, 11) is 1.95. The molecule has 0 spiro atoms. The molecule has 0 radical (unpaired) electrons. The van der Waals surface area contributed by atoms with Crippen molar-refractivity contribution in [1.29, 1.82) is 0 Å². The molecule has 0 atom stereocenters. The van der Waals surface area contributed by atoms with E-state index in [0.29, 0.717) is 0 Å². The van der Waals surface area contributed by atoms with E-state index < -0.39 is 0 Å². The number of rotatable bonds is 3. The number of nitrogens with zero attached hydrogens (tertiary/aromatic N) is 4. The fraction of sp³-hybridized carbons (Fsp3) is 0.500. The molecule has 0 aromatic carbocycles. The minimum atomic E-state index is -0.341. The van der Waals surface area contributed by atoms with E-state index in [2.05, 4.69) is 10.1 Å². The molecule has 0 amide bonds. The lowest BCUT2D eigenvalue weighted by Crippen LogP contribution is -2.45. The van der Waals surface area contributed by atoms with Crippen molar-refractivity contribution in [2.75, 3.05) is 18.6 Å². The zero-order chi connectivity index (χ0) is 12.6. The molecule has 1 N–H and O–H groups in total. The van der Waals surface area contributed by atoms with Crippen LogP contribution in [0.5, 0.6) is 0 Å². The molecule has 2 aromatic heterocycles. The van der Waals surface area contributed by atoms with Gasteiger partial charge in [0.15, 0.2) is 5.65 Å². The van der Waals surface area contributed by atoms with E-state index in [9.17, 15) is 5.11 Å². The maximum atomic E-state index is 9.43. The highest BCUT2D eigenvalue weighted by Gasteiger charge is 2.25. The van der Waals surface area contributed by atoms with Gasteiger partial charge in [-0.3, -0.25) is 0 Å². The number of pyridine rings is 1. The van der Waals surface area contributed by atoms with Gasteiger partial charge >= 0.3 is 0 Å². The molecule has 2 rings (SSSR count). The molecule has 0 aliphatic rings. The third-order valence-electron chi connectivity index (χ3n) is 3.14. The Labute approximate surface area is 101 Å². The van der Waals surface area contributed by atoms with Crippen LogP contribution in [0.1, 0.15) is 19.4 Å². The Hall–Kier alpha value is -1.62. The largest absolute Gasteiger partial charge is 0.394 e. The zero-order valence-corrected chi connectivity index (χ0v) is 10.7. The van der Waals surface area contributed by atoms with Crippen molar-refractivity contribution in [3.05, 3.63) is 24.0 Å². The van der Waals surface area contributed by atoms with E-state index in [1.54, 1.807) is 4.52 Å². The number of hydrogen-bond donors (Lipinski definition) is 1. The highest BCUT2D eigenvalue weighted by molar-refractivity contribution is 5.53. The summed E-state index contributed by atoms with van der Waals surface area (Å²) in [6.45, 7) is 6.07. The number of hydrogen-bond acceptors (Lipinski definition) is 4. The lowest BCUT2D eigenvalue weighted by atomic mass is 10.1. The first-order valence-corrected chi connectivity index (χ1v) is 5.61. The van der Waals surface area contributed by atoms with Crippen LogP contribution in [0.4, 0.5) is 5.82 Å². The first kappa shape index (κ1) is 11.9. The van der Waals surface area contributed by atoms with E-state index in [4.69, 9.17) is 0 Å². The average molecular weight is 234 g/mol. The van der Waals surface area contributed by atoms with Crippen LogP contribution in [-0.4, -0.2) is 38.9 Å². The van der Waals surface area contributed by atoms with Gasteiger partial charge < -0.3 is 10.0 Å². The van der Waals surface area contributed by atoms with Crippen LogP contribution < -0.4 is 4.90 Å². The van der Waals surface area contributed by atoms with Gasteiger partial charge in [-0.15, -0.1) is 0 Å². The van der Waals surface area contributed by atoms with Crippen molar-refractivity contribution in [3.63, 3.8) is 0 Å². The van der Waals surface area contributed by atoms with E-state index in [1.165, 1.54) is 6.33 Å². The van der Waals surface area contributed by atoms with Crippen LogP contribution in [-0.2, 0) is 0 Å². The SMILES string of the molecule is Cc1cc(N(C)C(C)(C)CO)n2ncnc2c1. The maximum absolute atomic E-state index is 9.43. The summed E-state index contributed by atoms with van der Waals surface area (Å²) in [4.78, 5) is 6.21. The third kappa shape index (κ3) is 1.98. The van der Waals surface area contributed by atoms with Crippen molar-refractivity contribution in [1.82, 2.24) is 14.6 Å². The Kier molecular flexibility index (Phi) is 2.79. The van der Waals surface area contributed by atoms with Crippen molar-refractivity contribution in [3.8, 4) is 0 Å². The van der Waals surface area contributed by atoms with E-state index in [1.807, 2.05) is 44.9 Å². The Morgan fingerprint density at radius 2 is 2.12 bits per heavy atom. The average Bonchev–Trinajstić information content (AvgIpc) is 2.74. The molecule has 17 heavy (non-hydrogen) atoms. The quantitative estimate of drug-likeness (QED) is 0.868. The Bertz CT molecular complexity index is 532.